The minimum atomic E-state index is -2.71. The number of carbonyl (C=O) groups is 1. The average Bonchev–Trinajstić information content (AvgIpc) is 3.27. The van der Waals surface area contributed by atoms with Crippen LogP contribution in [0.15, 0.2) is 24.7 Å². The Morgan fingerprint density at radius 2 is 2.28 bits per heavy atom. The fraction of sp³-hybridized carbons (Fsp3) is 0.476. The Labute approximate surface area is 184 Å². The van der Waals surface area contributed by atoms with Crippen molar-refractivity contribution in [3.63, 3.8) is 0 Å². The summed E-state index contributed by atoms with van der Waals surface area (Å²) < 4.78 is 29.8. The van der Waals surface area contributed by atoms with E-state index in [-0.39, 0.29) is 12.5 Å². The molecule has 1 saturated heterocycles. The van der Waals surface area contributed by atoms with Gasteiger partial charge in [0.1, 0.15) is 24.6 Å². The van der Waals surface area contributed by atoms with Gasteiger partial charge < -0.3 is 19.9 Å². The number of anilines is 1. The van der Waals surface area contributed by atoms with Crippen LogP contribution >= 0.6 is 0 Å². The summed E-state index contributed by atoms with van der Waals surface area (Å²) >= 11 is 0. The number of nitrogens with one attached hydrogen (secondary N) is 2. The highest BCUT2D eigenvalue weighted by Gasteiger charge is 2.21. The van der Waals surface area contributed by atoms with Crippen molar-refractivity contribution < 1.29 is 23.7 Å². The van der Waals surface area contributed by atoms with Gasteiger partial charge in [0, 0.05) is 38.9 Å². The first-order valence-corrected chi connectivity index (χ1v) is 10.4. The molecule has 1 aliphatic heterocycles. The number of halogens is 2. The second-order valence-corrected chi connectivity index (χ2v) is 7.60. The lowest BCUT2D eigenvalue weighted by Gasteiger charge is -2.33. The fourth-order valence-corrected chi connectivity index (χ4v) is 3.57. The van der Waals surface area contributed by atoms with E-state index in [1.165, 1.54) is 19.5 Å². The smallest absolute Gasteiger partial charge is 0.320 e. The Bertz CT molecular complexity index is 948. The number of aromatic amines is 1. The molecular formula is C21H28F2N7O2+. The first-order valence-electron chi connectivity index (χ1n) is 10.4. The number of amides is 1. The van der Waals surface area contributed by atoms with E-state index in [1.54, 1.807) is 6.20 Å². The number of allylic oxidation sites excluding steroid dienone is 1. The van der Waals surface area contributed by atoms with E-state index in [9.17, 15) is 13.6 Å². The molecule has 1 unspecified atom stereocenters. The monoisotopic (exact) mass is 448 g/mol. The van der Waals surface area contributed by atoms with Gasteiger partial charge in [-0.3, -0.25) is 10.2 Å². The highest BCUT2D eigenvalue weighted by Crippen LogP contribution is 2.25. The Balaban J connectivity index is 1.61. The Morgan fingerprint density at radius 1 is 1.44 bits per heavy atom. The molecule has 172 valence electrons. The molecule has 32 heavy (non-hydrogen) atoms. The Kier molecular flexibility index (Phi) is 8.37. The Morgan fingerprint density at radius 3 is 3.06 bits per heavy atom. The third-order valence-corrected chi connectivity index (χ3v) is 5.20. The molecule has 2 aromatic rings. The van der Waals surface area contributed by atoms with Crippen molar-refractivity contribution in [2.24, 2.45) is 5.92 Å². The minimum Gasteiger partial charge on any atom is -0.375 e. The quantitative estimate of drug-likeness (QED) is 0.461. The van der Waals surface area contributed by atoms with Crippen LogP contribution in [0.2, 0.25) is 0 Å². The van der Waals surface area contributed by atoms with Crippen LogP contribution < -0.4 is 15.6 Å². The second kappa shape index (κ2) is 11.4. The maximum absolute atomic E-state index is 12.5. The van der Waals surface area contributed by atoms with E-state index >= 15 is 0 Å². The maximum Gasteiger partial charge on any atom is 0.320 e. The SMILES string of the molecule is COCC(=O)NCCC1CCCN(c2cc(-c3cnc(/C=C\C(=[NH2+])C(F)F)[nH]3)ncn2)C1. The number of piperidine rings is 1. The van der Waals surface area contributed by atoms with Gasteiger partial charge in [-0.2, -0.15) is 8.78 Å². The standard InChI is InChI=1S/C21H27F2N7O2/c1-32-12-20(31)25-7-6-14-3-2-8-30(11-14)19-9-16(27-13-28-19)17-10-26-18(29-17)5-4-15(24)21(22)23/h4-5,9-10,13-14,21,24H,2-3,6-8,11-12H2,1H3,(H,25,31)(H,26,29)/p+1/b5-4-,24-15?. The van der Waals surface area contributed by atoms with E-state index in [2.05, 4.69) is 30.2 Å². The topological polar surface area (TPSA) is 122 Å². The molecule has 0 aromatic carbocycles. The van der Waals surface area contributed by atoms with E-state index in [4.69, 9.17) is 10.1 Å². The van der Waals surface area contributed by atoms with E-state index < -0.39 is 12.1 Å². The molecule has 0 spiro atoms. The van der Waals surface area contributed by atoms with Gasteiger partial charge >= 0.3 is 6.43 Å². The lowest BCUT2D eigenvalue weighted by atomic mass is 9.94. The molecule has 3 rings (SSSR count). The van der Waals surface area contributed by atoms with Gasteiger partial charge in [-0.05, 0) is 31.3 Å². The summed E-state index contributed by atoms with van der Waals surface area (Å²) in [4.78, 5) is 29.7. The summed E-state index contributed by atoms with van der Waals surface area (Å²) in [6.45, 7) is 2.43. The molecule has 1 aliphatic rings. The van der Waals surface area contributed by atoms with Gasteiger partial charge in [-0.25, -0.2) is 15.0 Å². The molecule has 0 saturated carbocycles. The highest BCUT2D eigenvalue weighted by atomic mass is 19.3. The van der Waals surface area contributed by atoms with Crippen LogP contribution in [-0.4, -0.2) is 71.3 Å². The summed E-state index contributed by atoms with van der Waals surface area (Å²) in [5.74, 6) is 1.55. The number of nitrogens with zero attached hydrogens (tertiary/aromatic N) is 4. The maximum atomic E-state index is 12.5. The molecule has 9 nitrogen and oxygen atoms in total. The molecule has 0 aliphatic carbocycles. The largest absolute Gasteiger partial charge is 0.375 e. The van der Waals surface area contributed by atoms with Crippen molar-refractivity contribution in [2.75, 3.05) is 38.3 Å². The van der Waals surface area contributed by atoms with Crippen LogP contribution in [-0.2, 0) is 9.53 Å². The molecule has 2 aromatic heterocycles. The number of hydrogen-bond acceptors (Lipinski definition) is 6. The van der Waals surface area contributed by atoms with E-state index in [0.29, 0.717) is 29.7 Å². The third-order valence-electron chi connectivity index (χ3n) is 5.20. The highest BCUT2D eigenvalue weighted by molar-refractivity contribution is 5.95. The number of ether oxygens (including phenoxy) is 1. The van der Waals surface area contributed by atoms with E-state index in [0.717, 1.165) is 44.2 Å². The molecule has 11 heteroatoms. The molecule has 4 N–H and O–H groups in total. The van der Waals surface area contributed by atoms with Gasteiger partial charge in [0.05, 0.1) is 17.6 Å². The molecule has 3 heterocycles. The van der Waals surface area contributed by atoms with Crippen molar-refractivity contribution in [1.29, 1.82) is 0 Å². The van der Waals surface area contributed by atoms with Crippen molar-refractivity contribution in [3.8, 4) is 11.4 Å². The van der Waals surface area contributed by atoms with Crippen molar-refractivity contribution >= 4 is 23.5 Å². The van der Waals surface area contributed by atoms with Crippen LogP contribution in [0.5, 0.6) is 0 Å². The predicted octanol–water partition coefficient (Wildman–Crippen LogP) is 0.714. The van der Waals surface area contributed by atoms with Crippen molar-refractivity contribution in [2.45, 2.75) is 25.7 Å². The number of aromatic nitrogens is 4. The zero-order valence-electron chi connectivity index (χ0n) is 17.9. The van der Waals surface area contributed by atoms with E-state index in [1.807, 2.05) is 6.07 Å². The summed E-state index contributed by atoms with van der Waals surface area (Å²) in [5.41, 5.74) is 0.783. The minimum absolute atomic E-state index is 0.0729. The number of carbonyl (C=O) groups excluding carboxylic acids is 1. The van der Waals surface area contributed by atoms with Gasteiger partial charge in [-0.1, -0.05) is 0 Å². The molecule has 0 bridgehead atoms. The van der Waals surface area contributed by atoms with Gasteiger partial charge in [0.2, 0.25) is 11.6 Å². The first-order chi connectivity index (χ1) is 15.5. The molecule has 1 amide bonds. The number of H-pyrrole nitrogens is 1. The van der Waals surface area contributed by atoms with Crippen LogP contribution in [0, 0.1) is 5.92 Å². The van der Waals surface area contributed by atoms with Gasteiger partial charge in [0.25, 0.3) is 0 Å². The number of alkyl halides is 2. The number of imidazole rings is 1. The number of methoxy groups -OCH3 is 1. The fourth-order valence-electron chi connectivity index (χ4n) is 3.57. The first kappa shape index (κ1) is 23.5. The number of rotatable bonds is 10. The molecular weight excluding hydrogens is 420 g/mol. The van der Waals surface area contributed by atoms with Crippen LogP contribution in [0.25, 0.3) is 17.5 Å². The average molecular weight is 448 g/mol. The van der Waals surface area contributed by atoms with Crippen LogP contribution in [0.1, 0.15) is 25.1 Å². The van der Waals surface area contributed by atoms with Gasteiger partial charge in [-0.15, -0.1) is 0 Å². The van der Waals surface area contributed by atoms with Crippen molar-refractivity contribution in [1.82, 2.24) is 25.3 Å². The summed E-state index contributed by atoms with van der Waals surface area (Å²) in [6.07, 6.45) is 5.93. The summed E-state index contributed by atoms with van der Waals surface area (Å²) in [5, 5.41) is 8.11. The molecule has 1 atom stereocenters. The zero-order chi connectivity index (χ0) is 22.9. The third kappa shape index (κ3) is 6.64. The lowest BCUT2D eigenvalue weighted by Crippen LogP contribution is -2.42. The Hall–Kier alpha value is -3.21. The van der Waals surface area contributed by atoms with Crippen molar-refractivity contribution in [3.05, 3.63) is 30.5 Å². The second-order valence-electron chi connectivity index (χ2n) is 7.60. The predicted molar refractivity (Wildman–Crippen MR) is 116 cm³/mol. The van der Waals surface area contributed by atoms with Crippen LogP contribution in [0.3, 0.4) is 0 Å². The van der Waals surface area contributed by atoms with Crippen LogP contribution in [0.4, 0.5) is 14.6 Å². The number of hydrogen-bond donors (Lipinski definition) is 3. The van der Waals surface area contributed by atoms with Gasteiger partial charge in [0.15, 0.2) is 0 Å². The molecule has 0 radical (unpaired) electrons. The normalized spacial score (nSPS) is 16.6. The molecule has 1 fully saturated rings. The zero-order valence-corrected chi connectivity index (χ0v) is 17.9. The lowest BCUT2D eigenvalue weighted by molar-refractivity contribution is -0.125. The summed E-state index contributed by atoms with van der Waals surface area (Å²) in [6, 6.07) is 1.88. The summed E-state index contributed by atoms with van der Waals surface area (Å²) in [7, 11) is 1.50. The number of nitrogens with two attached hydrogens (primary N) is 1.